The standard InChI is InChI=1S/C16H24N2O/c1-11(2)14(17)10-16(19)18-15-9-5-7-12-6-3-4-8-13(12)15/h3-4,6,8,11,14-15H,5,7,9-10,17H2,1-2H3,(H,18,19). The largest absolute Gasteiger partial charge is 0.349 e. The molecule has 2 atom stereocenters. The van der Waals surface area contributed by atoms with Crippen molar-refractivity contribution in [1.29, 1.82) is 0 Å². The first kappa shape index (κ1) is 14.1. The summed E-state index contributed by atoms with van der Waals surface area (Å²) >= 11 is 0. The van der Waals surface area contributed by atoms with Crippen LogP contribution in [-0.4, -0.2) is 11.9 Å². The molecule has 1 aromatic carbocycles. The summed E-state index contributed by atoms with van der Waals surface area (Å²) in [5.41, 5.74) is 8.60. The lowest BCUT2D eigenvalue weighted by atomic mass is 9.87. The maximum absolute atomic E-state index is 12.0. The molecule has 0 saturated carbocycles. The van der Waals surface area contributed by atoms with Crippen LogP contribution in [0.1, 0.15) is 50.3 Å². The second-order valence-corrected chi connectivity index (χ2v) is 5.82. The molecule has 0 aliphatic heterocycles. The van der Waals surface area contributed by atoms with E-state index in [-0.39, 0.29) is 18.0 Å². The number of hydrogen-bond donors (Lipinski definition) is 2. The molecule has 1 aliphatic carbocycles. The van der Waals surface area contributed by atoms with Crippen molar-refractivity contribution in [2.24, 2.45) is 11.7 Å². The van der Waals surface area contributed by atoms with Gasteiger partial charge in [-0.15, -0.1) is 0 Å². The molecular formula is C16H24N2O. The molecule has 104 valence electrons. The van der Waals surface area contributed by atoms with Gasteiger partial charge in [0.25, 0.3) is 0 Å². The van der Waals surface area contributed by atoms with Crippen LogP contribution in [-0.2, 0) is 11.2 Å². The van der Waals surface area contributed by atoms with Crippen molar-refractivity contribution in [3.63, 3.8) is 0 Å². The van der Waals surface area contributed by atoms with E-state index in [1.807, 2.05) is 19.9 Å². The fraction of sp³-hybridized carbons (Fsp3) is 0.562. The van der Waals surface area contributed by atoms with Crippen LogP contribution in [0.2, 0.25) is 0 Å². The number of aryl methyl sites for hydroxylation is 1. The zero-order valence-corrected chi connectivity index (χ0v) is 11.9. The number of fused-ring (bicyclic) bond motifs is 1. The number of nitrogens with two attached hydrogens (primary N) is 1. The first-order chi connectivity index (χ1) is 9.08. The van der Waals surface area contributed by atoms with Gasteiger partial charge in [-0.1, -0.05) is 38.1 Å². The van der Waals surface area contributed by atoms with Gasteiger partial charge < -0.3 is 11.1 Å². The fourth-order valence-electron chi connectivity index (χ4n) is 2.61. The van der Waals surface area contributed by atoms with Crippen LogP contribution in [0.5, 0.6) is 0 Å². The van der Waals surface area contributed by atoms with E-state index in [0.717, 1.165) is 19.3 Å². The topological polar surface area (TPSA) is 55.1 Å². The molecule has 0 fully saturated rings. The van der Waals surface area contributed by atoms with E-state index in [1.54, 1.807) is 0 Å². The lowest BCUT2D eigenvalue weighted by Gasteiger charge is -2.27. The molecule has 2 unspecified atom stereocenters. The average Bonchev–Trinajstić information content (AvgIpc) is 2.39. The molecule has 3 heteroatoms. The Hall–Kier alpha value is -1.35. The van der Waals surface area contributed by atoms with Crippen LogP contribution in [0.4, 0.5) is 0 Å². The summed E-state index contributed by atoms with van der Waals surface area (Å²) in [6.07, 6.45) is 3.70. The average molecular weight is 260 g/mol. The number of carbonyl (C=O) groups is 1. The lowest BCUT2D eigenvalue weighted by molar-refractivity contribution is -0.122. The maximum Gasteiger partial charge on any atom is 0.222 e. The molecule has 3 N–H and O–H groups in total. The number of rotatable bonds is 4. The molecule has 0 heterocycles. The third kappa shape index (κ3) is 3.57. The van der Waals surface area contributed by atoms with Gasteiger partial charge in [-0.2, -0.15) is 0 Å². The summed E-state index contributed by atoms with van der Waals surface area (Å²) in [4.78, 5) is 12.0. The zero-order chi connectivity index (χ0) is 13.8. The van der Waals surface area contributed by atoms with Gasteiger partial charge >= 0.3 is 0 Å². The summed E-state index contributed by atoms with van der Waals surface area (Å²) in [6.45, 7) is 4.10. The van der Waals surface area contributed by atoms with E-state index in [0.29, 0.717) is 12.3 Å². The molecule has 3 nitrogen and oxygen atoms in total. The van der Waals surface area contributed by atoms with Crippen LogP contribution in [0.25, 0.3) is 0 Å². The van der Waals surface area contributed by atoms with Crippen LogP contribution < -0.4 is 11.1 Å². The highest BCUT2D eigenvalue weighted by Crippen LogP contribution is 2.29. The lowest BCUT2D eigenvalue weighted by Crippen LogP contribution is -2.37. The van der Waals surface area contributed by atoms with Crippen molar-refractivity contribution in [2.75, 3.05) is 0 Å². The molecule has 1 aromatic rings. The first-order valence-corrected chi connectivity index (χ1v) is 7.20. The smallest absolute Gasteiger partial charge is 0.222 e. The first-order valence-electron chi connectivity index (χ1n) is 7.20. The molecule has 1 aliphatic rings. The van der Waals surface area contributed by atoms with Crippen LogP contribution >= 0.6 is 0 Å². The van der Waals surface area contributed by atoms with Crippen molar-refractivity contribution >= 4 is 5.91 Å². The van der Waals surface area contributed by atoms with Crippen LogP contribution in [0.3, 0.4) is 0 Å². The van der Waals surface area contributed by atoms with Gasteiger partial charge in [0.15, 0.2) is 0 Å². The van der Waals surface area contributed by atoms with Crippen molar-refractivity contribution in [2.45, 2.75) is 51.6 Å². The van der Waals surface area contributed by atoms with Gasteiger partial charge in [0.1, 0.15) is 0 Å². The Morgan fingerprint density at radius 1 is 1.42 bits per heavy atom. The molecule has 0 aromatic heterocycles. The molecular weight excluding hydrogens is 236 g/mol. The summed E-state index contributed by atoms with van der Waals surface area (Å²) in [7, 11) is 0. The van der Waals surface area contributed by atoms with E-state index < -0.39 is 0 Å². The predicted molar refractivity (Wildman–Crippen MR) is 77.7 cm³/mol. The number of amides is 1. The zero-order valence-electron chi connectivity index (χ0n) is 11.9. The minimum Gasteiger partial charge on any atom is -0.349 e. The Labute approximate surface area is 115 Å². The molecule has 0 bridgehead atoms. The Morgan fingerprint density at radius 2 is 2.16 bits per heavy atom. The highest BCUT2D eigenvalue weighted by Gasteiger charge is 2.22. The number of carbonyl (C=O) groups excluding carboxylic acids is 1. The van der Waals surface area contributed by atoms with Crippen LogP contribution in [0, 0.1) is 5.92 Å². The molecule has 0 radical (unpaired) electrons. The Balaban J connectivity index is 1.99. The number of hydrogen-bond acceptors (Lipinski definition) is 2. The Morgan fingerprint density at radius 3 is 2.89 bits per heavy atom. The quantitative estimate of drug-likeness (QED) is 0.874. The van der Waals surface area contributed by atoms with E-state index in [9.17, 15) is 4.79 Å². The SMILES string of the molecule is CC(C)C(N)CC(=O)NC1CCCc2ccccc21. The highest BCUT2D eigenvalue weighted by molar-refractivity contribution is 5.77. The second-order valence-electron chi connectivity index (χ2n) is 5.82. The summed E-state index contributed by atoms with van der Waals surface area (Å²) in [5.74, 6) is 0.410. The van der Waals surface area contributed by atoms with E-state index in [1.165, 1.54) is 11.1 Å². The summed E-state index contributed by atoms with van der Waals surface area (Å²) in [6, 6.07) is 8.51. The maximum atomic E-state index is 12.0. The van der Waals surface area contributed by atoms with Gasteiger partial charge in [0, 0.05) is 12.5 Å². The van der Waals surface area contributed by atoms with Crippen molar-refractivity contribution in [3.05, 3.63) is 35.4 Å². The van der Waals surface area contributed by atoms with Gasteiger partial charge in [-0.25, -0.2) is 0 Å². The monoisotopic (exact) mass is 260 g/mol. The number of benzene rings is 1. The molecule has 0 spiro atoms. The molecule has 0 saturated heterocycles. The van der Waals surface area contributed by atoms with E-state index >= 15 is 0 Å². The summed E-state index contributed by atoms with van der Waals surface area (Å²) in [5, 5.41) is 3.14. The highest BCUT2D eigenvalue weighted by atomic mass is 16.1. The Kier molecular flexibility index (Phi) is 4.59. The third-order valence-electron chi connectivity index (χ3n) is 3.98. The second kappa shape index (κ2) is 6.20. The van der Waals surface area contributed by atoms with Crippen LogP contribution in [0.15, 0.2) is 24.3 Å². The minimum atomic E-state index is -0.0566. The van der Waals surface area contributed by atoms with E-state index in [2.05, 4.69) is 23.5 Å². The molecule has 1 amide bonds. The molecule has 2 rings (SSSR count). The van der Waals surface area contributed by atoms with E-state index in [4.69, 9.17) is 5.73 Å². The van der Waals surface area contributed by atoms with Gasteiger partial charge in [-0.05, 0) is 36.3 Å². The van der Waals surface area contributed by atoms with Crippen molar-refractivity contribution < 1.29 is 4.79 Å². The van der Waals surface area contributed by atoms with Gasteiger partial charge in [-0.3, -0.25) is 4.79 Å². The molecule has 19 heavy (non-hydrogen) atoms. The normalized spacial score (nSPS) is 19.9. The predicted octanol–water partition coefficient (Wildman–Crippen LogP) is 2.55. The summed E-state index contributed by atoms with van der Waals surface area (Å²) < 4.78 is 0. The third-order valence-corrected chi connectivity index (χ3v) is 3.98. The van der Waals surface area contributed by atoms with Crippen molar-refractivity contribution in [1.82, 2.24) is 5.32 Å². The van der Waals surface area contributed by atoms with Gasteiger partial charge in [0.2, 0.25) is 5.91 Å². The fourth-order valence-corrected chi connectivity index (χ4v) is 2.61. The van der Waals surface area contributed by atoms with Gasteiger partial charge in [0.05, 0.1) is 6.04 Å². The number of nitrogens with one attached hydrogen (secondary N) is 1. The Bertz CT molecular complexity index is 442. The minimum absolute atomic E-state index is 0.0566. The van der Waals surface area contributed by atoms with Crippen molar-refractivity contribution in [3.8, 4) is 0 Å².